The average molecular weight is 403 g/mol. The van der Waals surface area contributed by atoms with Crippen LogP contribution < -0.4 is 5.32 Å². The van der Waals surface area contributed by atoms with Crippen LogP contribution >= 0.6 is 0 Å². The molecule has 2 heterocycles. The van der Waals surface area contributed by atoms with Crippen LogP contribution in [0.3, 0.4) is 0 Å². The minimum atomic E-state index is 0.00607. The van der Waals surface area contributed by atoms with E-state index in [4.69, 9.17) is 0 Å². The largest absolute Gasteiger partial charge is 0.352 e. The van der Waals surface area contributed by atoms with Gasteiger partial charge in [0.25, 0.3) is 0 Å². The van der Waals surface area contributed by atoms with Crippen LogP contribution in [0.5, 0.6) is 0 Å². The van der Waals surface area contributed by atoms with Gasteiger partial charge < -0.3 is 9.88 Å². The highest BCUT2D eigenvalue weighted by atomic mass is 15.1. The molecule has 1 aliphatic heterocycles. The molecule has 5 aromatic rings. The maximum absolute atomic E-state index is 3.63. The molecule has 7 rings (SSSR count). The monoisotopic (exact) mass is 402 g/mol. The fourth-order valence-electron chi connectivity index (χ4n) is 5.53. The van der Waals surface area contributed by atoms with Gasteiger partial charge in [-0.05, 0) is 52.6 Å². The molecule has 0 fully saturated rings. The van der Waals surface area contributed by atoms with Crippen molar-refractivity contribution >= 4 is 33.2 Å². The summed E-state index contributed by atoms with van der Waals surface area (Å²) in [5.74, 6) is 0. The summed E-state index contributed by atoms with van der Waals surface area (Å²) in [5, 5.41) is 6.27. The van der Waals surface area contributed by atoms with Crippen molar-refractivity contribution < 1.29 is 0 Å². The zero-order valence-corrected chi connectivity index (χ0v) is 18.5. The standard InChI is InChI=1S/C27H20N2.C2H6/c1-27(2)20-10-4-3-8-16(20)18-14-19-17-9-7-12-23-26(17)29(25(19)15-21(18)27)24-13-6-5-11-22(24)28-23;1-2/h3-15,28H,1-2H3;1-2H3. The molecule has 1 aliphatic carbocycles. The molecule has 2 aliphatic rings. The first-order valence-electron chi connectivity index (χ1n) is 11.2. The molecule has 0 amide bonds. The number of hydrogen-bond donors (Lipinski definition) is 1. The van der Waals surface area contributed by atoms with Crippen LogP contribution in [0.25, 0.3) is 38.6 Å². The summed E-state index contributed by atoms with van der Waals surface area (Å²) in [5.41, 5.74) is 11.7. The molecule has 4 aromatic carbocycles. The van der Waals surface area contributed by atoms with Crippen molar-refractivity contribution in [3.8, 4) is 16.8 Å². The van der Waals surface area contributed by atoms with E-state index in [9.17, 15) is 0 Å². The van der Waals surface area contributed by atoms with Crippen molar-refractivity contribution in [1.29, 1.82) is 0 Å². The van der Waals surface area contributed by atoms with Gasteiger partial charge >= 0.3 is 0 Å². The molecule has 0 unspecified atom stereocenters. The summed E-state index contributed by atoms with van der Waals surface area (Å²) in [4.78, 5) is 0. The predicted octanol–water partition coefficient (Wildman–Crippen LogP) is 8.17. The summed E-state index contributed by atoms with van der Waals surface area (Å²) >= 11 is 0. The zero-order valence-electron chi connectivity index (χ0n) is 18.5. The maximum Gasteiger partial charge on any atom is 0.0777 e. The molecule has 0 radical (unpaired) electrons. The number of nitrogens with zero attached hydrogens (tertiary/aromatic N) is 1. The summed E-state index contributed by atoms with van der Waals surface area (Å²) in [7, 11) is 0. The number of aromatic nitrogens is 1. The number of benzene rings is 4. The van der Waals surface area contributed by atoms with Crippen molar-refractivity contribution in [1.82, 2.24) is 4.57 Å². The second-order valence-corrected chi connectivity index (χ2v) is 8.76. The van der Waals surface area contributed by atoms with Gasteiger partial charge in [-0.25, -0.2) is 0 Å². The van der Waals surface area contributed by atoms with Crippen LogP contribution in [0.1, 0.15) is 38.8 Å². The third-order valence-electron chi connectivity index (χ3n) is 6.90. The lowest BCUT2D eigenvalue weighted by Crippen LogP contribution is -2.15. The van der Waals surface area contributed by atoms with Crippen LogP contribution in [0.2, 0.25) is 0 Å². The van der Waals surface area contributed by atoms with Crippen LogP contribution in [0.4, 0.5) is 11.4 Å². The minimum absolute atomic E-state index is 0.00607. The number of anilines is 2. The smallest absolute Gasteiger partial charge is 0.0777 e. The van der Waals surface area contributed by atoms with Crippen LogP contribution in [0, 0.1) is 0 Å². The van der Waals surface area contributed by atoms with E-state index in [0.29, 0.717) is 0 Å². The van der Waals surface area contributed by atoms with E-state index in [1.165, 1.54) is 55.4 Å². The Morgan fingerprint density at radius 2 is 1.42 bits per heavy atom. The Labute approximate surface area is 183 Å². The quantitative estimate of drug-likeness (QED) is 0.271. The average Bonchev–Trinajstić information content (AvgIpc) is 3.26. The second-order valence-electron chi connectivity index (χ2n) is 8.76. The third-order valence-corrected chi connectivity index (χ3v) is 6.90. The normalized spacial score (nSPS) is 14.3. The third kappa shape index (κ3) is 2.22. The first-order valence-corrected chi connectivity index (χ1v) is 11.2. The number of nitrogens with one attached hydrogen (secondary N) is 1. The summed E-state index contributed by atoms with van der Waals surface area (Å²) in [6, 6.07) is 28.9. The molecular weight excluding hydrogens is 376 g/mol. The Bertz CT molecular complexity index is 1500. The van der Waals surface area contributed by atoms with Crippen molar-refractivity contribution in [3.05, 3.63) is 90.0 Å². The first kappa shape index (κ1) is 18.3. The Morgan fingerprint density at radius 3 is 2.29 bits per heavy atom. The molecule has 31 heavy (non-hydrogen) atoms. The Balaban J connectivity index is 0.000000902. The zero-order chi connectivity index (χ0) is 21.3. The number of hydrogen-bond acceptors (Lipinski definition) is 1. The van der Waals surface area contributed by atoms with E-state index < -0.39 is 0 Å². The van der Waals surface area contributed by atoms with Crippen molar-refractivity contribution in [3.63, 3.8) is 0 Å². The SMILES string of the molecule is CC.CC1(C)c2ccccc2-c2cc3c4cccc5c4n(c3cc21)-c1ccccc1N5. The number of fused-ring (bicyclic) bond motifs is 8. The van der Waals surface area contributed by atoms with Crippen LogP contribution in [0.15, 0.2) is 78.9 Å². The van der Waals surface area contributed by atoms with E-state index >= 15 is 0 Å². The fourth-order valence-corrected chi connectivity index (χ4v) is 5.53. The lowest BCUT2D eigenvalue weighted by Gasteiger charge is -2.23. The highest BCUT2D eigenvalue weighted by Crippen LogP contribution is 2.52. The van der Waals surface area contributed by atoms with Crippen molar-refractivity contribution in [2.45, 2.75) is 33.1 Å². The van der Waals surface area contributed by atoms with Crippen LogP contribution in [-0.2, 0) is 5.41 Å². The molecule has 0 saturated carbocycles. The predicted molar refractivity (Wildman–Crippen MR) is 133 cm³/mol. The second kappa shape index (κ2) is 6.24. The highest BCUT2D eigenvalue weighted by Gasteiger charge is 2.36. The Kier molecular flexibility index (Phi) is 3.68. The maximum atomic E-state index is 3.63. The molecule has 2 nitrogen and oxygen atoms in total. The van der Waals surface area contributed by atoms with Gasteiger partial charge in [0.2, 0.25) is 0 Å². The van der Waals surface area contributed by atoms with E-state index in [0.717, 1.165) is 5.69 Å². The van der Waals surface area contributed by atoms with Gasteiger partial charge in [0.1, 0.15) is 0 Å². The lowest BCUT2D eigenvalue weighted by atomic mass is 9.82. The van der Waals surface area contributed by atoms with Gasteiger partial charge in [0.15, 0.2) is 0 Å². The van der Waals surface area contributed by atoms with Crippen LogP contribution in [-0.4, -0.2) is 4.57 Å². The highest BCUT2D eigenvalue weighted by molar-refractivity contribution is 6.16. The summed E-state index contributed by atoms with van der Waals surface area (Å²) in [6.07, 6.45) is 0. The van der Waals surface area contributed by atoms with Gasteiger partial charge in [-0.2, -0.15) is 0 Å². The van der Waals surface area contributed by atoms with Crippen molar-refractivity contribution in [2.75, 3.05) is 5.32 Å². The van der Waals surface area contributed by atoms with E-state index in [2.05, 4.69) is 103 Å². The molecule has 0 atom stereocenters. The first-order chi connectivity index (χ1) is 15.1. The summed E-state index contributed by atoms with van der Waals surface area (Å²) in [6.45, 7) is 8.70. The molecule has 0 bridgehead atoms. The molecule has 2 heteroatoms. The molecular formula is C29H26N2. The summed E-state index contributed by atoms with van der Waals surface area (Å²) < 4.78 is 2.45. The van der Waals surface area contributed by atoms with E-state index in [1.54, 1.807) is 0 Å². The van der Waals surface area contributed by atoms with Gasteiger partial charge in [0, 0.05) is 16.2 Å². The molecule has 1 N–H and O–H groups in total. The topological polar surface area (TPSA) is 17.0 Å². The molecule has 0 saturated heterocycles. The Hall–Kier alpha value is -3.52. The fraction of sp³-hybridized carbons (Fsp3) is 0.172. The van der Waals surface area contributed by atoms with E-state index in [1.807, 2.05) is 13.8 Å². The number of para-hydroxylation sites is 3. The van der Waals surface area contributed by atoms with Gasteiger partial charge in [-0.1, -0.05) is 76.2 Å². The lowest BCUT2D eigenvalue weighted by molar-refractivity contribution is 0.661. The number of rotatable bonds is 0. The van der Waals surface area contributed by atoms with Gasteiger partial charge in [-0.3, -0.25) is 0 Å². The van der Waals surface area contributed by atoms with E-state index in [-0.39, 0.29) is 5.41 Å². The van der Waals surface area contributed by atoms with Gasteiger partial charge in [-0.15, -0.1) is 0 Å². The molecule has 0 spiro atoms. The minimum Gasteiger partial charge on any atom is -0.352 e. The molecule has 1 aromatic heterocycles. The Morgan fingerprint density at radius 1 is 0.677 bits per heavy atom. The van der Waals surface area contributed by atoms with Crippen molar-refractivity contribution in [2.24, 2.45) is 0 Å². The molecule has 152 valence electrons. The van der Waals surface area contributed by atoms with Gasteiger partial charge in [0.05, 0.1) is 28.1 Å².